The minimum Gasteiger partial charge on any atom is -0.457 e. The standard InChI is InChI=1S/C22H24Br2O/c1-22(2)19(20(22)15-21(23)24)13-7-9-16-8-6-12-18(14-16)25-17-10-4-3-5-11-17/h3-6,8,10-12,14-15,19-20H,7,9,13H2,1-2H3. The number of halogens is 2. The second kappa shape index (κ2) is 8.09. The van der Waals surface area contributed by atoms with E-state index in [1.807, 2.05) is 36.4 Å². The highest BCUT2D eigenvalue weighted by atomic mass is 79.9. The summed E-state index contributed by atoms with van der Waals surface area (Å²) >= 11 is 7.00. The predicted molar refractivity (Wildman–Crippen MR) is 113 cm³/mol. The van der Waals surface area contributed by atoms with E-state index in [9.17, 15) is 0 Å². The Balaban J connectivity index is 1.53. The third kappa shape index (κ3) is 4.98. The number of para-hydroxylation sites is 1. The third-order valence-electron chi connectivity index (χ3n) is 5.30. The van der Waals surface area contributed by atoms with Crippen LogP contribution in [0.1, 0.15) is 32.3 Å². The minimum absolute atomic E-state index is 0.422. The molecular formula is C22H24Br2O. The summed E-state index contributed by atoms with van der Waals surface area (Å²) in [6, 6.07) is 18.4. The smallest absolute Gasteiger partial charge is 0.127 e. The maximum Gasteiger partial charge on any atom is 0.127 e. The Labute approximate surface area is 167 Å². The number of aryl methyl sites for hydroxylation is 1. The first-order valence-electron chi connectivity index (χ1n) is 8.81. The molecule has 0 aliphatic heterocycles. The molecule has 132 valence electrons. The van der Waals surface area contributed by atoms with Crippen molar-refractivity contribution in [1.82, 2.24) is 0 Å². The molecule has 0 radical (unpaired) electrons. The van der Waals surface area contributed by atoms with E-state index in [1.165, 1.54) is 18.4 Å². The van der Waals surface area contributed by atoms with Crippen LogP contribution in [0, 0.1) is 17.3 Å². The normalized spacial score (nSPS) is 20.8. The van der Waals surface area contributed by atoms with Crippen LogP contribution in [0.4, 0.5) is 0 Å². The molecule has 0 saturated heterocycles. The SMILES string of the molecule is CC1(C)C(C=C(Br)Br)C1CCCc1cccc(Oc2ccccc2)c1. The molecule has 3 heteroatoms. The molecule has 2 atom stereocenters. The summed E-state index contributed by atoms with van der Waals surface area (Å²) in [6.07, 6.45) is 5.89. The van der Waals surface area contributed by atoms with Gasteiger partial charge in [0.15, 0.2) is 0 Å². The molecule has 2 unspecified atom stereocenters. The quantitative estimate of drug-likeness (QED) is 0.408. The monoisotopic (exact) mass is 462 g/mol. The molecule has 1 saturated carbocycles. The molecule has 0 bridgehead atoms. The van der Waals surface area contributed by atoms with Gasteiger partial charge < -0.3 is 4.74 Å². The zero-order chi connectivity index (χ0) is 17.9. The van der Waals surface area contributed by atoms with Gasteiger partial charge in [-0.15, -0.1) is 0 Å². The summed E-state index contributed by atoms with van der Waals surface area (Å²) < 4.78 is 7.01. The van der Waals surface area contributed by atoms with Crippen LogP contribution in [-0.4, -0.2) is 0 Å². The van der Waals surface area contributed by atoms with Crippen LogP contribution in [0.5, 0.6) is 11.5 Å². The van der Waals surface area contributed by atoms with Crippen LogP contribution < -0.4 is 4.74 Å². The zero-order valence-electron chi connectivity index (χ0n) is 14.7. The van der Waals surface area contributed by atoms with Crippen molar-refractivity contribution in [2.75, 3.05) is 0 Å². The van der Waals surface area contributed by atoms with Crippen LogP contribution in [0.2, 0.25) is 0 Å². The van der Waals surface area contributed by atoms with E-state index in [4.69, 9.17) is 4.74 Å². The molecule has 0 aromatic heterocycles. The fourth-order valence-corrected chi connectivity index (χ4v) is 4.29. The summed E-state index contributed by atoms with van der Waals surface area (Å²) in [6.45, 7) is 4.74. The number of hydrogen-bond donors (Lipinski definition) is 0. The number of ether oxygens (including phenoxy) is 1. The first-order chi connectivity index (χ1) is 12.0. The van der Waals surface area contributed by atoms with Crippen molar-refractivity contribution >= 4 is 31.9 Å². The van der Waals surface area contributed by atoms with Crippen molar-refractivity contribution in [2.24, 2.45) is 17.3 Å². The average Bonchev–Trinajstić information content (AvgIpc) is 3.08. The molecule has 0 spiro atoms. The third-order valence-corrected chi connectivity index (χ3v) is 5.83. The van der Waals surface area contributed by atoms with Crippen molar-refractivity contribution in [3.63, 3.8) is 0 Å². The predicted octanol–water partition coefficient (Wildman–Crippen LogP) is 7.71. The molecule has 25 heavy (non-hydrogen) atoms. The Hall–Kier alpha value is -1.06. The van der Waals surface area contributed by atoms with E-state index >= 15 is 0 Å². The van der Waals surface area contributed by atoms with E-state index in [1.54, 1.807) is 0 Å². The van der Waals surface area contributed by atoms with Crippen molar-refractivity contribution in [1.29, 1.82) is 0 Å². The van der Waals surface area contributed by atoms with Crippen molar-refractivity contribution < 1.29 is 4.74 Å². The number of hydrogen-bond acceptors (Lipinski definition) is 1. The first-order valence-corrected chi connectivity index (χ1v) is 10.4. The van der Waals surface area contributed by atoms with Crippen molar-refractivity contribution in [3.05, 3.63) is 69.6 Å². The van der Waals surface area contributed by atoms with Crippen LogP contribution in [0.25, 0.3) is 0 Å². The highest BCUT2D eigenvalue weighted by molar-refractivity contribution is 9.28. The summed E-state index contributed by atoms with van der Waals surface area (Å²) in [4.78, 5) is 0. The Morgan fingerprint density at radius 3 is 2.48 bits per heavy atom. The molecule has 1 fully saturated rings. The molecule has 2 aromatic carbocycles. The lowest BCUT2D eigenvalue weighted by atomic mass is 10.0. The van der Waals surface area contributed by atoms with Crippen LogP contribution in [0.3, 0.4) is 0 Å². The second-order valence-electron chi connectivity index (χ2n) is 7.36. The van der Waals surface area contributed by atoms with Crippen molar-refractivity contribution in [3.8, 4) is 11.5 Å². The molecular weight excluding hydrogens is 440 g/mol. The Bertz CT molecular complexity index is 733. The lowest BCUT2D eigenvalue weighted by molar-refractivity contribution is 0.481. The molecule has 1 aliphatic carbocycles. The molecule has 3 rings (SSSR count). The van der Waals surface area contributed by atoms with Crippen LogP contribution >= 0.6 is 31.9 Å². The van der Waals surface area contributed by atoms with Gasteiger partial charge >= 0.3 is 0 Å². The van der Waals surface area contributed by atoms with Gasteiger partial charge in [0.2, 0.25) is 0 Å². The van der Waals surface area contributed by atoms with E-state index in [-0.39, 0.29) is 0 Å². The van der Waals surface area contributed by atoms with Gasteiger partial charge in [-0.25, -0.2) is 0 Å². The van der Waals surface area contributed by atoms with Gasteiger partial charge in [0.1, 0.15) is 11.5 Å². The number of benzene rings is 2. The summed E-state index contributed by atoms with van der Waals surface area (Å²) in [5.74, 6) is 3.25. The van der Waals surface area contributed by atoms with E-state index in [2.05, 4.69) is 70.0 Å². The van der Waals surface area contributed by atoms with Gasteiger partial charge in [0.05, 0.1) is 3.39 Å². The molecule has 0 amide bonds. The van der Waals surface area contributed by atoms with Crippen molar-refractivity contribution in [2.45, 2.75) is 33.1 Å². The lowest BCUT2D eigenvalue weighted by Gasteiger charge is -2.08. The lowest BCUT2D eigenvalue weighted by Crippen LogP contribution is -1.93. The minimum atomic E-state index is 0.422. The molecule has 1 nitrogen and oxygen atoms in total. The molecule has 2 aromatic rings. The Kier molecular flexibility index (Phi) is 6.06. The molecule has 0 N–H and O–H groups in total. The van der Waals surface area contributed by atoms with Gasteiger partial charge in [0.25, 0.3) is 0 Å². The number of allylic oxidation sites excluding steroid dienone is 1. The molecule has 0 heterocycles. The summed E-state index contributed by atoms with van der Waals surface area (Å²) in [5, 5.41) is 0. The summed E-state index contributed by atoms with van der Waals surface area (Å²) in [5.41, 5.74) is 1.77. The highest BCUT2D eigenvalue weighted by Crippen LogP contribution is 2.61. The fourth-order valence-electron chi connectivity index (χ4n) is 3.72. The van der Waals surface area contributed by atoms with Gasteiger partial charge in [-0.2, -0.15) is 0 Å². The maximum absolute atomic E-state index is 5.93. The van der Waals surface area contributed by atoms with Gasteiger partial charge in [-0.05, 0) is 98.2 Å². The van der Waals surface area contributed by atoms with Gasteiger partial charge in [0, 0.05) is 0 Å². The Morgan fingerprint density at radius 2 is 1.76 bits per heavy atom. The average molecular weight is 464 g/mol. The van der Waals surface area contributed by atoms with Crippen LogP contribution in [-0.2, 0) is 6.42 Å². The summed E-state index contributed by atoms with van der Waals surface area (Å²) in [7, 11) is 0. The number of rotatable bonds is 7. The van der Waals surface area contributed by atoms with E-state index in [0.717, 1.165) is 27.2 Å². The van der Waals surface area contributed by atoms with E-state index < -0.39 is 0 Å². The van der Waals surface area contributed by atoms with Crippen LogP contribution in [0.15, 0.2) is 64.1 Å². The van der Waals surface area contributed by atoms with Gasteiger partial charge in [-0.1, -0.05) is 50.3 Å². The largest absolute Gasteiger partial charge is 0.457 e. The zero-order valence-corrected chi connectivity index (χ0v) is 17.9. The Morgan fingerprint density at radius 1 is 1.04 bits per heavy atom. The van der Waals surface area contributed by atoms with E-state index in [0.29, 0.717) is 11.3 Å². The first kappa shape index (κ1) is 18.7. The topological polar surface area (TPSA) is 9.23 Å². The second-order valence-corrected chi connectivity index (χ2v) is 10.1. The van der Waals surface area contributed by atoms with Gasteiger partial charge in [-0.3, -0.25) is 0 Å². The maximum atomic E-state index is 5.93. The fraction of sp³-hybridized carbons (Fsp3) is 0.364. The molecule has 1 aliphatic rings. The highest BCUT2D eigenvalue weighted by Gasteiger charge is 2.55.